The summed E-state index contributed by atoms with van der Waals surface area (Å²) in [6.45, 7) is 3.31. The summed E-state index contributed by atoms with van der Waals surface area (Å²) >= 11 is 1.62. The van der Waals surface area contributed by atoms with E-state index in [2.05, 4.69) is 10.5 Å². The number of urea groups is 1. The Morgan fingerprint density at radius 2 is 2.45 bits per heavy atom. The third-order valence-corrected chi connectivity index (χ3v) is 3.50. The van der Waals surface area contributed by atoms with E-state index in [0.717, 1.165) is 4.88 Å². The van der Waals surface area contributed by atoms with Crippen molar-refractivity contribution in [1.29, 1.82) is 0 Å². The molecule has 0 aliphatic carbocycles. The van der Waals surface area contributed by atoms with Crippen LogP contribution in [-0.2, 0) is 11.3 Å². The largest absolute Gasteiger partial charge is 0.383 e. The number of aromatic nitrogens is 1. The molecule has 1 N–H and O–H groups in total. The average molecular weight is 295 g/mol. The zero-order chi connectivity index (χ0) is 14.4. The third-order valence-electron chi connectivity index (χ3n) is 2.64. The maximum Gasteiger partial charge on any atom is 0.323 e. The Kier molecular flexibility index (Phi) is 5.14. The van der Waals surface area contributed by atoms with Gasteiger partial charge in [-0.3, -0.25) is 5.32 Å². The monoisotopic (exact) mass is 295 g/mol. The molecule has 0 saturated carbocycles. The van der Waals surface area contributed by atoms with Crippen LogP contribution in [0.15, 0.2) is 28.1 Å². The Morgan fingerprint density at radius 1 is 1.60 bits per heavy atom. The number of nitrogens with one attached hydrogen (secondary N) is 1. The molecule has 2 heterocycles. The summed E-state index contributed by atoms with van der Waals surface area (Å²) in [5.41, 5.74) is 0. The number of hydrogen-bond donors (Lipinski definition) is 1. The molecule has 0 spiro atoms. The van der Waals surface area contributed by atoms with Gasteiger partial charge in [-0.25, -0.2) is 4.79 Å². The lowest BCUT2D eigenvalue weighted by molar-refractivity contribution is 0.153. The predicted octanol–water partition coefficient (Wildman–Crippen LogP) is 2.73. The van der Waals surface area contributed by atoms with E-state index < -0.39 is 0 Å². The number of aryl methyl sites for hydroxylation is 1. The summed E-state index contributed by atoms with van der Waals surface area (Å²) in [6, 6.07) is 5.42. The van der Waals surface area contributed by atoms with Gasteiger partial charge in [-0.1, -0.05) is 11.2 Å². The van der Waals surface area contributed by atoms with E-state index in [1.807, 2.05) is 17.5 Å². The second-order valence-corrected chi connectivity index (χ2v) is 5.28. The fraction of sp³-hybridized carbons (Fsp3) is 0.385. The number of rotatable bonds is 6. The van der Waals surface area contributed by atoms with Crippen LogP contribution in [0.1, 0.15) is 10.6 Å². The number of ether oxygens (including phenoxy) is 1. The highest BCUT2D eigenvalue weighted by atomic mass is 32.1. The molecule has 2 rings (SSSR count). The molecule has 0 radical (unpaired) electrons. The van der Waals surface area contributed by atoms with Crippen LogP contribution in [0.25, 0.3) is 0 Å². The van der Waals surface area contributed by atoms with Gasteiger partial charge in [0.15, 0.2) is 5.82 Å². The van der Waals surface area contributed by atoms with Crippen LogP contribution in [0.5, 0.6) is 0 Å². The van der Waals surface area contributed by atoms with E-state index in [4.69, 9.17) is 9.26 Å². The molecule has 0 aromatic carbocycles. The lowest BCUT2D eigenvalue weighted by atomic mass is 10.4. The first-order valence-electron chi connectivity index (χ1n) is 6.19. The van der Waals surface area contributed by atoms with Crippen molar-refractivity contribution in [1.82, 2.24) is 10.1 Å². The minimum atomic E-state index is -0.219. The number of methoxy groups -OCH3 is 1. The molecule has 2 aromatic rings. The summed E-state index contributed by atoms with van der Waals surface area (Å²) in [7, 11) is 1.61. The Labute approximate surface area is 121 Å². The minimum absolute atomic E-state index is 0.219. The number of hydrogen-bond acceptors (Lipinski definition) is 5. The lowest BCUT2D eigenvalue weighted by Gasteiger charge is -2.21. The Balaban J connectivity index is 1.99. The van der Waals surface area contributed by atoms with E-state index in [-0.39, 0.29) is 6.03 Å². The van der Waals surface area contributed by atoms with Crippen LogP contribution >= 0.6 is 11.3 Å². The van der Waals surface area contributed by atoms with Crippen molar-refractivity contribution in [2.75, 3.05) is 25.6 Å². The van der Waals surface area contributed by atoms with E-state index in [1.54, 1.807) is 36.3 Å². The summed E-state index contributed by atoms with van der Waals surface area (Å²) in [4.78, 5) is 15.0. The minimum Gasteiger partial charge on any atom is -0.383 e. The van der Waals surface area contributed by atoms with E-state index >= 15 is 0 Å². The molecule has 0 atom stereocenters. The Bertz CT molecular complexity index is 539. The molecule has 20 heavy (non-hydrogen) atoms. The molecule has 0 aliphatic rings. The van der Waals surface area contributed by atoms with Gasteiger partial charge < -0.3 is 14.2 Å². The molecule has 0 saturated heterocycles. The summed E-state index contributed by atoms with van der Waals surface area (Å²) in [5.74, 6) is 1.07. The van der Waals surface area contributed by atoms with Crippen molar-refractivity contribution in [3.63, 3.8) is 0 Å². The number of carbonyl (C=O) groups excluding carboxylic acids is 1. The Hall–Kier alpha value is -1.86. The number of anilines is 1. The van der Waals surface area contributed by atoms with Crippen molar-refractivity contribution in [3.8, 4) is 0 Å². The molecule has 0 bridgehead atoms. The van der Waals surface area contributed by atoms with Crippen molar-refractivity contribution in [2.45, 2.75) is 13.5 Å². The summed E-state index contributed by atoms with van der Waals surface area (Å²) in [5, 5.41) is 8.46. The van der Waals surface area contributed by atoms with Gasteiger partial charge in [0.05, 0.1) is 13.2 Å². The maximum atomic E-state index is 12.2. The van der Waals surface area contributed by atoms with Crippen LogP contribution in [0.3, 0.4) is 0 Å². The first kappa shape index (κ1) is 14.5. The summed E-state index contributed by atoms with van der Waals surface area (Å²) < 4.78 is 9.97. The van der Waals surface area contributed by atoms with Gasteiger partial charge in [-0.2, -0.15) is 0 Å². The van der Waals surface area contributed by atoms with E-state index in [9.17, 15) is 4.79 Å². The molecular weight excluding hydrogens is 278 g/mol. The average Bonchev–Trinajstić information content (AvgIpc) is 3.06. The van der Waals surface area contributed by atoms with Gasteiger partial charge in [0.1, 0.15) is 5.76 Å². The zero-order valence-electron chi connectivity index (χ0n) is 11.5. The fourth-order valence-corrected chi connectivity index (χ4v) is 2.38. The van der Waals surface area contributed by atoms with Crippen LogP contribution in [0, 0.1) is 6.92 Å². The normalized spacial score (nSPS) is 10.5. The quantitative estimate of drug-likeness (QED) is 0.889. The van der Waals surface area contributed by atoms with Gasteiger partial charge in [-0.15, -0.1) is 11.3 Å². The van der Waals surface area contributed by atoms with Crippen molar-refractivity contribution in [3.05, 3.63) is 34.2 Å². The van der Waals surface area contributed by atoms with Crippen molar-refractivity contribution >= 4 is 23.2 Å². The molecule has 0 fully saturated rings. The van der Waals surface area contributed by atoms with Crippen LogP contribution < -0.4 is 5.32 Å². The zero-order valence-corrected chi connectivity index (χ0v) is 12.3. The molecule has 0 aliphatic heterocycles. The molecule has 108 valence electrons. The third kappa shape index (κ3) is 4.07. The van der Waals surface area contributed by atoms with Crippen molar-refractivity contribution in [2.24, 2.45) is 0 Å². The first-order valence-corrected chi connectivity index (χ1v) is 7.07. The van der Waals surface area contributed by atoms with Crippen LogP contribution in [0.4, 0.5) is 10.6 Å². The molecule has 0 unspecified atom stereocenters. The van der Waals surface area contributed by atoms with Crippen LogP contribution in [0.2, 0.25) is 0 Å². The highest BCUT2D eigenvalue weighted by Crippen LogP contribution is 2.14. The fourth-order valence-electron chi connectivity index (χ4n) is 1.66. The molecular formula is C13H17N3O3S. The van der Waals surface area contributed by atoms with Gasteiger partial charge in [0, 0.05) is 24.6 Å². The molecule has 6 nitrogen and oxygen atoms in total. The standard InChI is InChI=1S/C13H17N3O3S/c1-10-8-12(15-19-10)14-13(17)16(5-6-18-2)9-11-4-3-7-20-11/h3-4,7-8H,5-6,9H2,1-2H3,(H,14,15,17). The molecule has 2 aromatic heterocycles. The van der Waals surface area contributed by atoms with E-state index in [0.29, 0.717) is 31.3 Å². The van der Waals surface area contributed by atoms with Gasteiger partial charge in [0.2, 0.25) is 0 Å². The number of thiophene rings is 1. The van der Waals surface area contributed by atoms with Gasteiger partial charge in [-0.05, 0) is 18.4 Å². The second-order valence-electron chi connectivity index (χ2n) is 4.25. The summed E-state index contributed by atoms with van der Waals surface area (Å²) in [6.07, 6.45) is 0. The van der Waals surface area contributed by atoms with Gasteiger partial charge >= 0.3 is 6.03 Å². The predicted molar refractivity (Wildman–Crippen MR) is 76.9 cm³/mol. The van der Waals surface area contributed by atoms with E-state index in [1.165, 1.54) is 0 Å². The second kappa shape index (κ2) is 7.06. The maximum absolute atomic E-state index is 12.2. The topological polar surface area (TPSA) is 67.6 Å². The molecule has 7 heteroatoms. The van der Waals surface area contributed by atoms with Crippen molar-refractivity contribution < 1.29 is 14.1 Å². The number of carbonyl (C=O) groups is 1. The van der Waals surface area contributed by atoms with Gasteiger partial charge in [0.25, 0.3) is 0 Å². The smallest absolute Gasteiger partial charge is 0.323 e. The number of amides is 2. The SMILES string of the molecule is COCCN(Cc1cccs1)C(=O)Nc1cc(C)on1. The first-order chi connectivity index (χ1) is 9.69. The Morgan fingerprint density at radius 3 is 3.05 bits per heavy atom. The lowest BCUT2D eigenvalue weighted by Crippen LogP contribution is -2.36. The van der Waals surface area contributed by atoms with Crippen LogP contribution in [-0.4, -0.2) is 36.3 Å². The molecule has 2 amide bonds. The highest BCUT2D eigenvalue weighted by molar-refractivity contribution is 7.09. The highest BCUT2D eigenvalue weighted by Gasteiger charge is 2.16. The number of nitrogens with zero attached hydrogens (tertiary/aromatic N) is 2.